The molecule has 1 amide bonds. The maximum absolute atomic E-state index is 13.5. The number of likely N-dealkylation sites (N-methyl/N-ethyl adjacent to an activating group) is 1. The zero-order chi connectivity index (χ0) is 28.1. The third kappa shape index (κ3) is 5.67. The molecule has 0 radical (unpaired) electrons. The minimum absolute atomic E-state index is 0.0430. The topological polar surface area (TPSA) is 88.5 Å². The summed E-state index contributed by atoms with van der Waals surface area (Å²) in [5, 5.41) is 11.5. The minimum atomic E-state index is -0.774. The van der Waals surface area contributed by atoms with Gasteiger partial charge in [0, 0.05) is 18.7 Å². The third-order valence-electron chi connectivity index (χ3n) is 7.33. The highest BCUT2D eigenvalue weighted by Crippen LogP contribution is 2.41. The molecule has 40 heavy (non-hydrogen) atoms. The molecule has 0 spiro atoms. The zero-order valence-corrected chi connectivity index (χ0v) is 22.8. The van der Waals surface area contributed by atoms with Crippen LogP contribution in [0.15, 0.2) is 78.4 Å². The molecule has 2 heterocycles. The molecule has 1 atom stereocenters. The Morgan fingerprint density at radius 3 is 2.45 bits per heavy atom. The maximum Gasteiger partial charge on any atom is 0.295 e. The fourth-order valence-corrected chi connectivity index (χ4v) is 5.11. The fourth-order valence-electron chi connectivity index (χ4n) is 5.11. The second kappa shape index (κ2) is 12.3. The highest BCUT2D eigenvalue weighted by molar-refractivity contribution is 6.46. The van der Waals surface area contributed by atoms with Gasteiger partial charge in [0.1, 0.15) is 31.3 Å². The first kappa shape index (κ1) is 27.3. The predicted octanol–water partition coefficient (Wildman–Crippen LogP) is 4.80. The molecule has 0 aromatic heterocycles. The van der Waals surface area contributed by atoms with Crippen LogP contribution >= 0.6 is 0 Å². The molecule has 2 aliphatic heterocycles. The number of ether oxygens (including phenoxy) is 3. The third-order valence-corrected chi connectivity index (χ3v) is 7.33. The SMILES string of the molecule is CCN(CC)CCN1C(=O)C(=O)C(=C(O)c2ccc3c(c2)OCCO3)[C@H]1c1cccc(OCc2ccccc2)c1. The van der Waals surface area contributed by atoms with Gasteiger partial charge in [-0.15, -0.1) is 0 Å². The molecule has 208 valence electrons. The van der Waals surface area contributed by atoms with E-state index in [4.69, 9.17) is 14.2 Å². The zero-order valence-electron chi connectivity index (χ0n) is 22.8. The first-order valence-electron chi connectivity index (χ1n) is 13.7. The second-order valence-electron chi connectivity index (χ2n) is 9.72. The highest BCUT2D eigenvalue weighted by atomic mass is 16.6. The van der Waals surface area contributed by atoms with E-state index >= 15 is 0 Å². The molecule has 8 nitrogen and oxygen atoms in total. The lowest BCUT2D eigenvalue weighted by Gasteiger charge is -2.28. The van der Waals surface area contributed by atoms with Crippen molar-refractivity contribution in [3.8, 4) is 17.2 Å². The van der Waals surface area contributed by atoms with Gasteiger partial charge in [0.25, 0.3) is 11.7 Å². The number of hydrogen-bond donors (Lipinski definition) is 1. The van der Waals surface area contributed by atoms with E-state index < -0.39 is 17.7 Å². The van der Waals surface area contributed by atoms with Crippen LogP contribution in [0.3, 0.4) is 0 Å². The first-order chi connectivity index (χ1) is 19.5. The van der Waals surface area contributed by atoms with Crippen molar-refractivity contribution in [2.24, 2.45) is 0 Å². The lowest BCUT2D eigenvalue weighted by atomic mass is 9.95. The number of fused-ring (bicyclic) bond motifs is 1. The van der Waals surface area contributed by atoms with Gasteiger partial charge in [-0.25, -0.2) is 0 Å². The number of amides is 1. The Morgan fingerprint density at radius 1 is 0.950 bits per heavy atom. The van der Waals surface area contributed by atoms with Crippen molar-refractivity contribution in [3.05, 3.63) is 95.1 Å². The van der Waals surface area contributed by atoms with E-state index in [1.807, 2.05) is 54.6 Å². The Hall–Kier alpha value is -4.30. The van der Waals surface area contributed by atoms with Gasteiger partial charge in [0.15, 0.2) is 11.5 Å². The molecule has 3 aromatic rings. The number of hydrogen-bond acceptors (Lipinski definition) is 7. The molecule has 0 saturated carbocycles. The van der Waals surface area contributed by atoms with E-state index in [1.54, 1.807) is 23.1 Å². The lowest BCUT2D eigenvalue weighted by molar-refractivity contribution is -0.140. The van der Waals surface area contributed by atoms with Crippen LogP contribution in [0, 0.1) is 0 Å². The molecular weight excluding hydrogens is 508 g/mol. The second-order valence-corrected chi connectivity index (χ2v) is 9.72. The molecule has 2 aliphatic rings. The standard InChI is InChI=1S/C32H34N2O6/c1-3-33(4-2)15-16-34-29(23-11-8-12-25(19-23)40-21-22-9-6-5-7-10-22)28(31(36)32(34)37)30(35)24-13-14-26-27(20-24)39-18-17-38-26/h5-14,19-20,29,35H,3-4,15-18,21H2,1-2H3/t29-/m1/s1. The van der Waals surface area contributed by atoms with Gasteiger partial charge in [-0.3, -0.25) is 9.59 Å². The summed E-state index contributed by atoms with van der Waals surface area (Å²) in [5.41, 5.74) is 2.13. The molecule has 0 unspecified atom stereocenters. The maximum atomic E-state index is 13.5. The number of Topliss-reactive ketones (excluding diaryl/α,β-unsaturated/α-hetero) is 1. The predicted molar refractivity (Wildman–Crippen MR) is 151 cm³/mol. The number of carbonyl (C=O) groups is 2. The summed E-state index contributed by atoms with van der Waals surface area (Å²) in [4.78, 5) is 30.6. The Labute approximate surface area is 234 Å². The number of carbonyl (C=O) groups excluding carboxylic acids is 2. The van der Waals surface area contributed by atoms with E-state index in [0.717, 1.165) is 18.7 Å². The summed E-state index contributed by atoms with van der Waals surface area (Å²) in [6, 6.07) is 21.4. The Bertz CT molecular complexity index is 1400. The van der Waals surface area contributed by atoms with Crippen LogP contribution in [-0.4, -0.2) is 66.0 Å². The van der Waals surface area contributed by atoms with Crippen LogP contribution in [0.5, 0.6) is 17.2 Å². The van der Waals surface area contributed by atoms with Crippen molar-refractivity contribution in [2.75, 3.05) is 39.4 Å². The van der Waals surface area contributed by atoms with Gasteiger partial charge in [0.2, 0.25) is 0 Å². The van der Waals surface area contributed by atoms with Crippen molar-refractivity contribution in [3.63, 3.8) is 0 Å². The Balaban J connectivity index is 1.53. The summed E-state index contributed by atoms with van der Waals surface area (Å²) in [5.74, 6) is 0.0666. The minimum Gasteiger partial charge on any atom is -0.507 e. The fraction of sp³-hybridized carbons (Fsp3) is 0.312. The molecular formula is C32H34N2O6. The number of nitrogens with zero attached hydrogens (tertiary/aromatic N) is 2. The van der Waals surface area contributed by atoms with Crippen LogP contribution in [0.1, 0.15) is 36.6 Å². The largest absolute Gasteiger partial charge is 0.507 e. The van der Waals surface area contributed by atoms with E-state index in [-0.39, 0.29) is 11.3 Å². The number of likely N-dealkylation sites (tertiary alicyclic amines) is 1. The lowest BCUT2D eigenvalue weighted by Crippen LogP contribution is -2.38. The van der Waals surface area contributed by atoms with Crippen LogP contribution in [0.4, 0.5) is 0 Å². The van der Waals surface area contributed by atoms with E-state index in [1.165, 1.54) is 0 Å². The summed E-state index contributed by atoms with van der Waals surface area (Å²) < 4.78 is 17.3. The van der Waals surface area contributed by atoms with Crippen LogP contribution in [0.2, 0.25) is 0 Å². The Morgan fingerprint density at radius 2 is 1.70 bits per heavy atom. The van der Waals surface area contributed by atoms with Gasteiger partial charge >= 0.3 is 0 Å². The molecule has 0 aliphatic carbocycles. The van der Waals surface area contributed by atoms with Gasteiger partial charge in [-0.05, 0) is 54.5 Å². The van der Waals surface area contributed by atoms with E-state index in [9.17, 15) is 14.7 Å². The number of ketones is 1. The molecule has 5 rings (SSSR count). The van der Waals surface area contributed by atoms with Gasteiger partial charge in [-0.1, -0.05) is 56.3 Å². The van der Waals surface area contributed by atoms with Gasteiger partial charge in [0.05, 0.1) is 11.6 Å². The van der Waals surface area contributed by atoms with Crippen LogP contribution in [0.25, 0.3) is 5.76 Å². The summed E-state index contributed by atoms with van der Waals surface area (Å²) in [6.07, 6.45) is 0. The quantitative estimate of drug-likeness (QED) is 0.224. The van der Waals surface area contributed by atoms with Crippen LogP contribution < -0.4 is 14.2 Å². The van der Waals surface area contributed by atoms with Crippen molar-refractivity contribution >= 4 is 17.4 Å². The highest BCUT2D eigenvalue weighted by Gasteiger charge is 2.46. The van der Waals surface area contributed by atoms with E-state index in [2.05, 4.69) is 18.7 Å². The smallest absolute Gasteiger partial charge is 0.295 e. The van der Waals surface area contributed by atoms with Crippen molar-refractivity contribution < 1.29 is 28.9 Å². The summed E-state index contributed by atoms with van der Waals surface area (Å²) >= 11 is 0. The molecule has 8 heteroatoms. The van der Waals surface area contributed by atoms with Gasteiger partial charge < -0.3 is 29.1 Å². The van der Waals surface area contributed by atoms with E-state index in [0.29, 0.717) is 61.3 Å². The first-order valence-corrected chi connectivity index (χ1v) is 13.7. The average Bonchev–Trinajstić information content (AvgIpc) is 3.25. The van der Waals surface area contributed by atoms with Crippen LogP contribution in [-0.2, 0) is 16.2 Å². The Kier molecular flexibility index (Phi) is 8.36. The van der Waals surface area contributed by atoms with Crippen molar-refractivity contribution in [2.45, 2.75) is 26.5 Å². The summed E-state index contributed by atoms with van der Waals surface area (Å²) in [7, 11) is 0. The number of benzene rings is 3. The average molecular weight is 543 g/mol. The number of aliphatic hydroxyl groups is 1. The molecule has 1 N–H and O–H groups in total. The monoisotopic (exact) mass is 542 g/mol. The number of aliphatic hydroxyl groups excluding tert-OH is 1. The normalized spacial score (nSPS) is 17.9. The molecule has 0 bridgehead atoms. The van der Waals surface area contributed by atoms with Crippen molar-refractivity contribution in [1.29, 1.82) is 0 Å². The number of rotatable bonds is 10. The molecule has 1 fully saturated rings. The van der Waals surface area contributed by atoms with Crippen molar-refractivity contribution in [1.82, 2.24) is 9.80 Å². The summed E-state index contributed by atoms with van der Waals surface area (Å²) in [6.45, 7) is 7.92. The molecule has 3 aromatic carbocycles. The van der Waals surface area contributed by atoms with Gasteiger partial charge in [-0.2, -0.15) is 0 Å². The molecule has 1 saturated heterocycles.